The fourth-order valence-corrected chi connectivity index (χ4v) is 3.68. The normalized spacial score (nSPS) is 13.3. The molecule has 1 amide bonds. The van der Waals surface area contributed by atoms with Gasteiger partial charge in [-0.05, 0) is 36.7 Å². The Labute approximate surface area is 181 Å². The third-order valence-corrected chi connectivity index (χ3v) is 5.65. The number of anilines is 1. The molecule has 30 heavy (non-hydrogen) atoms. The average molecular weight is 431 g/mol. The van der Waals surface area contributed by atoms with Gasteiger partial charge in [0, 0.05) is 29.7 Å². The van der Waals surface area contributed by atoms with Crippen LogP contribution in [0.25, 0.3) is 16.9 Å². The molecule has 0 aliphatic carbocycles. The zero-order valence-corrected chi connectivity index (χ0v) is 18.3. The van der Waals surface area contributed by atoms with Crippen LogP contribution >= 0.6 is 11.6 Å². The van der Waals surface area contributed by atoms with E-state index in [1.54, 1.807) is 19.2 Å². The number of aliphatic hydroxyl groups is 1. The first kappa shape index (κ1) is 22.1. The molecule has 0 saturated carbocycles. The van der Waals surface area contributed by atoms with E-state index in [2.05, 4.69) is 22.5 Å². The Morgan fingerprint density at radius 2 is 2.13 bits per heavy atom. The van der Waals surface area contributed by atoms with Crippen molar-refractivity contribution in [1.82, 2.24) is 14.7 Å². The minimum Gasteiger partial charge on any atom is -0.495 e. The topological polar surface area (TPSA) is 87.9 Å². The molecule has 1 aromatic carbocycles. The fraction of sp³-hybridized carbons (Fsp3) is 0.364. The summed E-state index contributed by atoms with van der Waals surface area (Å²) in [4.78, 5) is 17.3. The molecule has 0 saturated heterocycles. The van der Waals surface area contributed by atoms with Crippen LogP contribution in [0.3, 0.4) is 0 Å². The van der Waals surface area contributed by atoms with Gasteiger partial charge in [-0.15, -0.1) is 0 Å². The number of benzene rings is 1. The quantitative estimate of drug-likeness (QED) is 0.506. The predicted molar refractivity (Wildman–Crippen MR) is 119 cm³/mol. The van der Waals surface area contributed by atoms with Crippen molar-refractivity contribution < 1.29 is 14.6 Å². The lowest BCUT2D eigenvalue weighted by atomic mass is 9.98. The van der Waals surface area contributed by atoms with Crippen LogP contribution in [0.1, 0.15) is 25.8 Å². The third-order valence-electron chi connectivity index (χ3n) is 5.36. The highest BCUT2D eigenvalue weighted by molar-refractivity contribution is 6.32. The van der Waals surface area contributed by atoms with E-state index in [0.29, 0.717) is 33.4 Å². The van der Waals surface area contributed by atoms with Crippen LogP contribution in [0.2, 0.25) is 5.02 Å². The molecule has 3 N–H and O–H groups in total. The molecule has 0 aliphatic rings. The Morgan fingerprint density at radius 1 is 1.37 bits per heavy atom. The Bertz CT molecular complexity index is 1050. The van der Waals surface area contributed by atoms with Gasteiger partial charge < -0.3 is 24.9 Å². The number of amides is 1. The van der Waals surface area contributed by atoms with Crippen molar-refractivity contribution in [3.05, 3.63) is 47.2 Å². The summed E-state index contributed by atoms with van der Waals surface area (Å²) >= 11 is 6.28. The summed E-state index contributed by atoms with van der Waals surface area (Å²) in [5.74, 6) is 0.639. The van der Waals surface area contributed by atoms with E-state index in [0.717, 1.165) is 12.0 Å². The number of hydrogen-bond donors (Lipinski definition) is 3. The highest BCUT2D eigenvalue weighted by Gasteiger charge is 2.22. The maximum Gasteiger partial charge on any atom is 0.241 e. The lowest BCUT2D eigenvalue weighted by Gasteiger charge is -2.21. The SMILES string of the molecule is CC[C@H](C)[C@H](NC)C(=O)Nc1ccn2cc(-c3cc(Cl)c(OC)cc3CO)nc2c1. The minimum atomic E-state index is -0.268. The molecule has 2 heterocycles. The minimum absolute atomic E-state index is 0.0764. The third kappa shape index (κ3) is 4.43. The van der Waals surface area contributed by atoms with Crippen molar-refractivity contribution in [2.45, 2.75) is 32.9 Å². The number of carbonyl (C=O) groups excluding carboxylic acids is 1. The predicted octanol–water partition coefficient (Wildman–Crippen LogP) is 3.73. The van der Waals surface area contributed by atoms with Crippen molar-refractivity contribution in [3.63, 3.8) is 0 Å². The molecule has 0 aliphatic heterocycles. The Kier molecular flexibility index (Phi) is 6.97. The highest BCUT2D eigenvalue weighted by atomic mass is 35.5. The monoisotopic (exact) mass is 430 g/mol. The zero-order valence-electron chi connectivity index (χ0n) is 17.6. The molecule has 160 valence electrons. The summed E-state index contributed by atoms with van der Waals surface area (Å²) in [7, 11) is 3.32. The molecule has 8 heteroatoms. The summed E-state index contributed by atoms with van der Waals surface area (Å²) in [5.41, 5.74) is 3.40. The molecule has 0 fully saturated rings. The van der Waals surface area contributed by atoms with Gasteiger partial charge in [-0.2, -0.15) is 0 Å². The summed E-state index contributed by atoms with van der Waals surface area (Å²) < 4.78 is 7.08. The molecule has 2 atom stereocenters. The number of imidazole rings is 1. The van der Waals surface area contributed by atoms with E-state index in [4.69, 9.17) is 16.3 Å². The first-order valence-corrected chi connectivity index (χ1v) is 10.2. The summed E-state index contributed by atoms with van der Waals surface area (Å²) in [5, 5.41) is 16.3. The number of hydrogen-bond acceptors (Lipinski definition) is 5. The number of carbonyl (C=O) groups is 1. The number of likely N-dealkylation sites (N-methyl/N-ethyl adjacent to an activating group) is 1. The smallest absolute Gasteiger partial charge is 0.241 e. The van der Waals surface area contributed by atoms with E-state index in [1.165, 1.54) is 7.11 Å². The van der Waals surface area contributed by atoms with Crippen LogP contribution in [-0.2, 0) is 11.4 Å². The standard InChI is InChI=1S/C22H27ClN4O3/c1-5-13(2)21(24-3)22(29)25-15-6-7-27-11-18(26-20(27)9-15)16-10-17(23)19(30-4)8-14(16)12-28/h6-11,13,21,24,28H,5,12H2,1-4H3,(H,25,29)/t13-,21-/m0/s1. The maximum atomic E-state index is 12.6. The number of nitrogens with one attached hydrogen (secondary N) is 2. The van der Waals surface area contributed by atoms with E-state index in [1.807, 2.05) is 35.9 Å². The van der Waals surface area contributed by atoms with Gasteiger partial charge in [0.15, 0.2) is 0 Å². The van der Waals surface area contributed by atoms with Crippen molar-refractivity contribution in [2.24, 2.45) is 5.92 Å². The Balaban J connectivity index is 1.92. The second-order valence-electron chi connectivity index (χ2n) is 7.25. The van der Waals surface area contributed by atoms with E-state index >= 15 is 0 Å². The van der Waals surface area contributed by atoms with Gasteiger partial charge in [0.05, 0.1) is 30.5 Å². The number of halogens is 1. The lowest BCUT2D eigenvalue weighted by molar-refractivity contribution is -0.119. The van der Waals surface area contributed by atoms with Crippen LogP contribution < -0.4 is 15.4 Å². The van der Waals surface area contributed by atoms with E-state index in [9.17, 15) is 9.90 Å². The number of methoxy groups -OCH3 is 1. The van der Waals surface area contributed by atoms with E-state index < -0.39 is 0 Å². The summed E-state index contributed by atoms with van der Waals surface area (Å²) in [6.45, 7) is 3.94. The summed E-state index contributed by atoms with van der Waals surface area (Å²) in [6, 6.07) is 6.82. The number of fused-ring (bicyclic) bond motifs is 1. The fourth-order valence-electron chi connectivity index (χ4n) is 3.44. The largest absolute Gasteiger partial charge is 0.495 e. The first-order chi connectivity index (χ1) is 14.4. The molecular formula is C22H27ClN4O3. The van der Waals surface area contributed by atoms with Gasteiger partial charge in [0.1, 0.15) is 11.4 Å². The van der Waals surface area contributed by atoms with Gasteiger partial charge in [-0.25, -0.2) is 4.98 Å². The molecule has 2 aromatic heterocycles. The van der Waals surface area contributed by atoms with Crippen LogP contribution in [0.4, 0.5) is 5.69 Å². The molecule has 0 radical (unpaired) electrons. The molecule has 0 bridgehead atoms. The number of pyridine rings is 1. The summed E-state index contributed by atoms with van der Waals surface area (Å²) in [6.07, 6.45) is 4.59. The molecule has 0 unspecified atom stereocenters. The van der Waals surface area contributed by atoms with Gasteiger partial charge in [-0.1, -0.05) is 31.9 Å². The number of ether oxygens (including phenoxy) is 1. The van der Waals surface area contributed by atoms with Crippen molar-refractivity contribution in [3.8, 4) is 17.0 Å². The second-order valence-corrected chi connectivity index (χ2v) is 7.66. The molecular weight excluding hydrogens is 404 g/mol. The van der Waals surface area contributed by atoms with Gasteiger partial charge in [0.25, 0.3) is 0 Å². The highest BCUT2D eigenvalue weighted by Crippen LogP contribution is 2.34. The van der Waals surface area contributed by atoms with Crippen molar-refractivity contribution >= 4 is 28.8 Å². The Morgan fingerprint density at radius 3 is 2.77 bits per heavy atom. The number of aromatic nitrogens is 2. The van der Waals surface area contributed by atoms with Crippen LogP contribution in [0, 0.1) is 5.92 Å². The van der Waals surface area contributed by atoms with Crippen LogP contribution in [-0.4, -0.2) is 40.6 Å². The number of nitrogens with zero attached hydrogens (tertiary/aromatic N) is 2. The molecule has 7 nitrogen and oxygen atoms in total. The van der Waals surface area contributed by atoms with E-state index in [-0.39, 0.29) is 24.5 Å². The number of rotatable bonds is 8. The van der Waals surface area contributed by atoms with Gasteiger partial charge in [-0.3, -0.25) is 4.79 Å². The lowest BCUT2D eigenvalue weighted by Crippen LogP contribution is -2.43. The molecule has 0 spiro atoms. The maximum absolute atomic E-state index is 12.6. The van der Waals surface area contributed by atoms with Crippen molar-refractivity contribution in [1.29, 1.82) is 0 Å². The average Bonchev–Trinajstić information content (AvgIpc) is 3.17. The first-order valence-electron chi connectivity index (χ1n) is 9.86. The van der Waals surface area contributed by atoms with Crippen LogP contribution in [0.5, 0.6) is 5.75 Å². The van der Waals surface area contributed by atoms with Gasteiger partial charge >= 0.3 is 0 Å². The van der Waals surface area contributed by atoms with Crippen molar-refractivity contribution in [2.75, 3.05) is 19.5 Å². The number of aliphatic hydroxyl groups excluding tert-OH is 1. The zero-order chi connectivity index (χ0) is 21.8. The molecule has 3 aromatic rings. The van der Waals surface area contributed by atoms with Gasteiger partial charge in [0.2, 0.25) is 5.91 Å². The van der Waals surface area contributed by atoms with Crippen LogP contribution in [0.15, 0.2) is 36.7 Å². The second kappa shape index (κ2) is 9.47. The Hall–Kier alpha value is -2.61. The molecule has 3 rings (SSSR count).